The van der Waals surface area contributed by atoms with Crippen molar-refractivity contribution in [1.29, 1.82) is 0 Å². The first-order valence-electron chi connectivity index (χ1n) is 6.36. The monoisotopic (exact) mass is 289 g/mol. The average molecular weight is 290 g/mol. The molecule has 0 N–H and O–H groups in total. The third-order valence-corrected chi connectivity index (χ3v) is 3.05. The third-order valence-electron chi connectivity index (χ3n) is 2.88. The second-order valence-corrected chi connectivity index (χ2v) is 4.68. The average Bonchev–Trinajstić information content (AvgIpc) is 2.38. The van der Waals surface area contributed by atoms with Crippen LogP contribution in [-0.2, 0) is 11.2 Å². The summed E-state index contributed by atoms with van der Waals surface area (Å²) >= 11 is 5.64. The highest BCUT2D eigenvalue weighted by Gasteiger charge is 2.17. The highest BCUT2D eigenvalue weighted by Crippen LogP contribution is 2.14. The Kier molecular flexibility index (Phi) is 6.78. The van der Waals surface area contributed by atoms with E-state index >= 15 is 0 Å². The number of carbonyl (C=O) groups excluding carboxylic acids is 1. The Morgan fingerprint density at radius 2 is 1.89 bits per heavy atom. The maximum Gasteiger partial charge on any atom is 0.227 e. The minimum absolute atomic E-state index is 0.177. The molecule has 2 nitrogen and oxygen atoms in total. The van der Waals surface area contributed by atoms with Gasteiger partial charge in [0, 0.05) is 24.5 Å². The Morgan fingerprint density at radius 3 is 2.42 bits per heavy atom. The first kappa shape index (κ1) is 15.9. The van der Waals surface area contributed by atoms with Gasteiger partial charge in [0.1, 0.15) is 11.6 Å². The maximum absolute atomic E-state index is 13.5. The first-order chi connectivity index (χ1) is 9.10. The molecular weight excluding hydrogens is 272 g/mol. The lowest BCUT2D eigenvalue weighted by molar-refractivity contribution is -0.130. The minimum atomic E-state index is -0.685. The summed E-state index contributed by atoms with van der Waals surface area (Å²) in [5.41, 5.74) is -0.177. The fraction of sp³-hybridized carbons (Fsp3) is 0.500. The Balaban J connectivity index is 2.75. The van der Waals surface area contributed by atoms with E-state index in [1.165, 1.54) is 6.07 Å². The van der Waals surface area contributed by atoms with Gasteiger partial charge in [-0.1, -0.05) is 19.4 Å². The van der Waals surface area contributed by atoms with Crippen molar-refractivity contribution in [1.82, 2.24) is 4.90 Å². The Hall–Kier alpha value is -1.16. The van der Waals surface area contributed by atoms with Gasteiger partial charge in [-0.25, -0.2) is 8.78 Å². The molecule has 0 spiro atoms. The molecule has 0 aliphatic heterocycles. The highest BCUT2D eigenvalue weighted by molar-refractivity contribution is 6.18. The van der Waals surface area contributed by atoms with Crippen LogP contribution in [-0.4, -0.2) is 29.8 Å². The van der Waals surface area contributed by atoms with E-state index in [0.29, 0.717) is 19.0 Å². The summed E-state index contributed by atoms with van der Waals surface area (Å²) in [6.07, 6.45) is 1.53. The van der Waals surface area contributed by atoms with Gasteiger partial charge in [0.15, 0.2) is 0 Å². The van der Waals surface area contributed by atoms with E-state index in [1.807, 2.05) is 6.92 Å². The lowest BCUT2D eigenvalue weighted by atomic mass is 10.1. The summed E-state index contributed by atoms with van der Waals surface area (Å²) in [6, 6.07) is 3.60. The molecule has 1 amide bonds. The van der Waals surface area contributed by atoms with Crippen molar-refractivity contribution >= 4 is 17.5 Å². The van der Waals surface area contributed by atoms with Crippen LogP contribution in [0, 0.1) is 11.6 Å². The predicted octanol–water partition coefficient (Wildman–Crippen LogP) is 3.37. The summed E-state index contributed by atoms with van der Waals surface area (Å²) < 4.78 is 27.0. The van der Waals surface area contributed by atoms with Gasteiger partial charge in [0.25, 0.3) is 0 Å². The molecule has 0 fully saturated rings. The van der Waals surface area contributed by atoms with Gasteiger partial charge < -0.3 is 4.90 Å². The lowest BCUT2D eigenvalue weighted by Crippen LogP contribution is -2.35. The molecule has 1 rings (SSSR count). The van der Waals surface area contributed by atoms with Crippen LogP contribution in [0.4, 0.5) is 8.78 Å². The quantitative estimate of drug-likeness (QED) is 0.705. The number of hydrogen-bond acceptors (Lipinski definition) is 1. The first-order valence-corrected chi connectivity index (χ1v) is 6.90. The number of alkyl halides is 1. The Morgan fingerprint density at radius 1 is 1.26 bits per heavy atom. The molecule has 19 heavy (non-hydrogen) atoms. The largest absolute Gasteiger partial charge is 0.341 e. The summed E-state index contributed by atoms with van der Waals surface area (Å²) in [6.45, 7) is 2.98. The fourth-order valence-corrected chi connectivity index (χ4v) is 1.98. The standard InChI is InChI=1S/C14H18ClF2NO/c1-2-3-8-18(9-7-15)14(19)10-11-12(16)5-4-6-13(11)17/h4-6H,2-3,7-10H2,1H3. The Labute approximate surface area is 117 Å². The van der Waals surface area contributed by atoms with Crippen LogP contribution in [0.1, 0.15) is 25.3 Å². The van der Waals surface area contributed by atoms with E-state index in [2.05, 4.69) is 0 Å². The zero-order valence-corrected chi connectivity index (χ0v) is 11.7. The molecule has 0 atom stereocenters. The van der Waals surface area contributed by atoms with Crippen molar-refractivity contribution in [2.45, 2.75) is 26.2 Å². The predicted molar refractivity (Wildman–Crippen MR) is 72.3 cm³/mol. The van der Waals surface area contributed by atoms with Gasteiger partial charge >= 0.3 is 0 Å². The highest BCUT2D eigenvalue weighted by atomic mass is 35.5. The number of hydrogen-bond donors (Lipinski definition) is 0. The summed E-state index contributed by atoms with van der Waals surface area (Å²) in [5.74, 6) is -1.35. The maximum atomic E-state index is 13.5. The van der Waals surface area contributed by atoms with E-state index < -0.39 is 11.6 Å². The topological polar surface area (TPSA) is 20.3 Å². The molecule has 106 valence electrons. The molecular formula is C14H18ClF2NO. The molecule has 0 aromatic heterocycles. The van der Waals surface area contributed by atoms with Crippen molar-refractivity contribution in [2.75, 3.05) is 19.0 Å². The Bertz CT molecular complexity index is 406. The van der Waals surface area contributed by atoms with E-state index in [9.17, 15) is 13.6 Å². The third kappa shape index (κ3) is 4.78. The molecule has 1 aromatic carbocycles. The zero-order chi connectivity index (χ0) is 14.3. The summed E-state index contributed by atoms with van der Waals surface area (Å²) in [7, 11) is 0. The number of benzene rings is 1. The zero-order valence-electron chi connectivity index (χ0n) is 11.0. The number of carbonyl (C=O) groups is 1. The van der Waals surface area contributed by atoms with Crippen LogP contribution >= 0.6 is 11.6 Å². The van der Waals surface area contributed by atoms with Gasteiger partial charge in [-0.3, -0.25) is 4.79 Å². The molecule has 0 aliphatic carbocycles. The van der Waals surface area contributed by atoms with Crippen LogP contribution in [0.2, 0.25) is 0 Å². The van der Waals surface area contributed by atoms with E-state index in [4.69, 9.17) is 11.6 Å². The molecule has 0 aliphatic rings. The van der Waals surface area contributed by atoms with Crippen molar-refractivity contribution < 1.29 is 13.6 Å². The second-order valence-electron chi connectivity index (χ2n) is 4.30. The molecule has 0 saturated carbocycles. The second kappa shape index (κ2) is 8.10. The number of halogens is 3. The fourth-order valence-electron chi connectivity index (χ4n) is 1.78. The van der Waals surface area contributed by atoms with Crippen LogP contribution in [0.3, 0.4) is 0 Å². The summed E-state index contributed by atoms with van der Waals surface area (Å²) in [5, 5.41) is 0. The minimum Gasteiger partial charge on any atom is -0.341 e. The molecule has 0 heterocycles. The number of nitrogens with zero attached hydrogens (tertiary/aromatic N) is 1. The van der Waals surface area contributed by atoms with Crippen molar-refractivity contribution in [3.05, 3.63) is 35.4 Å². The molecule has 5 heteroatoms. The summed E-state index contributed by atoms with van der Waals surface area (Å²) in [4.78, 5) is 13.6. The molecule has 0 saturated heterocycles. The number of unbranched alkanes of at least 4 members (excludes halogenated alkanes) is 1. The van der Waals surface area contributed by atoms with Gasteiger partial charge in [0.05, 0.1) is 6.42 Å². The van der Waals surface area contributed by atoms with E-state index in [-0.39, 0.29) is 17.9 Å². The SMILES string of the molecule is CCCCN(CCCl)C(=O)Cc1c(F)cccc1F. The molecule has 0 radical (unpaired) electrons. The van der Waals surface area contributed by atoms with Crippen LogP contribution < -0.4 is 0 Å². The lowest BCUT2D eigenvalue weighted by Gasteiger charge is -2.21. The van der Waals surface area contributed by atoms with Crippen LogP contribution in [0.5, 0.6) is 0 Å². The molecule has 1 aromatic rings. The van der Waals surface area contributed by atoms with Gasteiger partial charge in [-0.2, -0.15) is 0 Å². The number of rotatable bonds is 7. The van der Waals surface area contributed by atoms with Crippen molar-refractivity contribution in [3.8, 4) is 0 Å². The molecule has 0 bridgehead atoms. The van der Waals surface area contributed by atoms with Gasteiger partial charge in [-0.15, -0.1) is 11.6 Å². The molecule has 0 unspecified atom stereocenters. The van der Waals surface area contributed by atoms with Crippen molar-refractivity contribution in [3.63, 3.8) is 0 Å². The van der Waals surface area contributed by atoms with Gasteiger partial charge in [0.2, 0.25) is 5.91 Å². The van der Waals surface area contributed by atoms with E-state index in [0.717, 1.165) is 25.0 Å². The van der Waals surface area contributed by atoms with Gasteiger partial charge in [-0.05, 0) is 18.6 Å². The van der Waals surface area contributed by atoms with Crippen molar-refractivity contribution in [2.24, 2.45) is 0 Å². The van der Waals surface area contributed by atoms with Crippen LogP contribution in [0.15, 0.2) is 18.2 Å². The number of amides is 1. The normalized spacial score (nSPS) is 10.5. The van der Waals surface area contributed by atoms with Crippen LogP contribution in [0.25, 0.3) is 0 Å². The smallest absolute Gasteiger partial charge is 0.227 e. The van der Waals surface area contributed by atoms with E-state index in [1.54, 1.807) is 4.90 Å².